The molecule has 1 aliphatic rings. The molecule has 0 radical (unpaired) electrons. The van der Waals surface area contributed by atoms with Crippen molar-refractivity contribution in [3.8, 4) is 0 Å². The molecule has 1 atom stereocenters. The predicted octanol–water partition coefficient (Wildman–Crippen LogP) is 3.53. The number of hydrogen-bond acceptors (Lipinski definition) is 4. The number of ether oxygens (including phenoxy) is 1. The number of thiophene rings is 1. The zero-order valence-corrected chi connectivity index (χ0v) is 17.8. The molecule has 0 unspecified atom stereocenters. The van der Waals surface area contributed by atoms with Crippen molar-refractivity contribution in [1.29, 1.82) is 0 Å². The molecule has 0 bridgehead atoms. The summed E-state index contributed by atoms with van der Waals surface area (Å²) in [4.78, 5) is 29.4. The van der Waals surface area contributed by atoms with Gasteiger partial charge in [0.2, 0.25) is 5.91 Å². The van der Waals surface area contributed by atoms with Gasteiger partial charge in [0, 0.05) is 30.6 Å². The average molecular weight is 432 g/mol. The van der Waals surface area contributed by atoms with Crippen molar-refractivity contribution in [2.75, 3.05) is 20.3 Å². The molecule has 0 saturated carbocycles. The first-order valence-electron chi connectivity index (χ1n) is 9.34. The standard InChI is InChI=1S/C21H22ClN3O3S/c1-21(20(27)23-8-9-28-2)13-24-17(11-15-7-10-29-19(15)24)18(26)25(21)12-14-3-5-16(22)6-4-14/h3-7,10-11H,8-9,12-13H2,1-2H3,(H,23,27)/t21-/m1/s1. The molecule has 8 heteroatoms. The third-order valence-electron chi connectivity index (χ3n) is 5.36. The van der Waals surface area contributed by atoms with Crippen LogP contribution in [0.5, 0.6) is 0 Å². The topological polar surface area (TPSA) is 63.6 Å². The van der Waals surface area contributed by atoms with Gasteiger partial charge in [-0.3, -0.25) is 9.59 Å². The summed E-state index contributed by atoms with van der Waals surface area (Å²) in [5.41, 5.74) is 0.497. The van der Waals surface area contributed by atoms with E-state index in [1.54, 1.807) is 35.5 Å². The summed E-state index contributed by atoms with van der Waals surface area (Å²) in [7, 11) is 1.59. The average Bonchev–Trinajstić information content (AvgIpc) is 3.29. The molecule has 1 aromatic carbocycles. The first kappa shape index (κ1) is 19.9. The van der Waals surface area contributed by atoms with Crippen LogP contribution in [0.25, 0.3) is 10.2 Å². The number of nitrogens with one attached hydrogen (secondary N) is 1. The molecule has 0 fully saturated rings. The van der Waals surface area contributed by atoms with Gasteiger partial charge in [-0.15, -0.1) is 11.3 Å². The van der Waals surface area contributed by atoms with E-state index in [9.17, 15) is 9.59 Å². The van der Waals surface area contributed by atoms with Crippen molar-refractivity contribution in [2.45, 2.75) is 25.6 Å². The highest BCUT2D eigenvalue weighted by Crippen LogP contribution is 2.35. The molecule has 29 heavy (non-hydrogen) atoms. The van der Waals surface area contributed by atoms with Gasteiger partial charge in [0.25, 0.3) is 5.91 Å². The van der Waals surface area contributed by atoms with Crippen LogP contribution in [0.1, 0.15) is 23.0 Å². The molecule has 2 aromatic heterocycles. The van der Waals surface area contributed by atoms with E-state index in [2.05, 4.69) is 5.32 Å². The minimum atomic E-state index is -1.03. The van der Waals surface area contributed by atoms with Crippen molar-refractivity contribution in [2.24, 2.45) is 0 Å². The minimum absolute atomic E-state index is 0.154. The van der Waals surface area contributed by atoms with Gasteiger partial charge < -0.3 is 19.5 Å². The van der Waals surface area contributed by atoms with Crippen LogP contribution in [0.15, 0.2) is 41.8 Å². The van der Waals surface area contributed by atoms with Crippen LogP contribution in [0.4, 0.5) is 0 Å². The summed E-state index contributed by atoms with van der Waals surface area (Å²) < 4.78 is 7.02. The number of carbonyl (C=O) groups is 2. The molecule has 0 saturated heterocycles. The zero-order chi connectivity index (χ0) is 20.6. The van der Waals surface area contributed by atoms with E-state index in [-0.39, 0.29) is 11.8 Å². The van der Waals surface area contributed by atoms with Gasteiger partial charge >= 0.3 is 0 Å². The maximum atomic E-state index is 13.5. The number of carbonyl (C=O) groups excluding carboxylic acids is 2. The van der Waals surface area contributed by atoms with Gasteiger partial charge in [0.1, 0.15) is 16.1 Å². The minimum Gasteiger partial charge on any atom is -0.383 e. The molecule has 1 aliphatic heterocycles. The van der Waals surface area contributed by atoms with Crippen LogP contribution in [0.2, 0.25) is 5.02 Å². The van der Waals surface area contributed by atoms with E-state index >= 15 is 0 Å². The molecule has 0 aliphatic carbocycles. The van der Waals surface area contributed by atoms with Gasteiger partial charge in [0.15, 0.2) is 0 Å². The largest absolute Gasteiger partial charge is 0.383 e. The second-order valence-corrected chi connectivity index (χ2v) is 8.67. The van der Waals surface area contributed by atoms with Crippen LogP contribution in [0, 0.1) is 0 Å². The quantitative estimate of drug-likeness (QED) is 0.607. The normalized spacial score (nSPS) is 18.9. The maximum absolute atomic E-state index is 13.5. The molecule has 4 rings (SSSR count). The van der Waals surface area contributed by atoms with Crippen LogP contribution < -0.4 is 5.32 Å². The number of rotatable bonds is 6. The fraction of sp³-hybridized carbons (Fsp3) is 0.333. The van der Waals surface area contributed by atoms with Gasteiger partial charge in [-0.05, 0) is 42.1 Å². The Labute approximate surface area is 178 Å². The maximum Gasteiger partial charge on any atom is 0.271 e. The molecule has 2 amide bonds. The van der Waals surface area contributed by atoms with E-state index in [1.165, 1.54) is 0 Å². The highest BCUT2D eigenvalue weighted by atomic mass is 35.5. The van der Waals surface area contributed by atoms with Crippen LogP contribution in [0.3, 0.4) is 0 Å². The van der Waals surface area contributed by atoms with E-state index in [0.717, 1.165) is 15.8 Å². The Morgan fingerprint density at radius 1 is 1.31 bits per heavy atom. The van der Waals surface area contributed by atoms with Crippen molar-refractivity contribution >= 4 is 45.0 Å². The lowest BCUT2D eigenvalue weighted by molar-refractivity contribution is -0.133. The smallest absolute Gasteiger partial charge is 0.271 e. The number of benzene rings is 1. The fourth-order valence-electron chi connectivity index (χ4n) is 3.73. The van der Waals surface area contributed by atoms with E-state index in [1.807, 2.05) is 41.1 Å². The summed E-state index contributed by atoms with van der Waals surface area (Å²) in [6.07, 6.45) is 0. The second kappa shape index (κ2) is 7.82. The van der Waals surface area contributed by atoms with Crippen molar-refractivity contribution < 1.29 is 14.3 Å². The van der Waals surface area contributed by atoms with Gasteiger partial charge in [-0.25, -0.2) is 0 Å². The zero-order valence-electron chi connectivity index (χ0n) is 16.3. The molecule has 0 spiro atoms. The molecule has 3 aromatic rings. The number of hydrogen-bond donors (Lipinski definition) is 1. The summed E-state index contributed by atoms with van der Waals surface area (Å²) >= 11 is 7.58. The Morgan fingerprint density at radius 2 is 2.07 bits per heavy atom. The van der Waals surface area contributed by atoms with Crippen molar-refractivity contribution in [3.63, 3.8) is 0 Å². The lowest BCUT2D eigenvalue weighted by atomic mass is 9.94. The summed E-state index contributed by atoms with van der Waals surface area (Å²) in [6.45, 7) is 3.34. The molecular weight excluding hydrogens is 410 g/mol. The van der Waals surface area contributed by atoms with Crippen LogP contribution in [-0.2, 0) is 22.6 Å². The van der Waals surface area contributed by atoms with E-state index in [4.69, 9.17) is 16.3 Å². The van der Waals surface area contributed by atoms with Gasteiger partial charge in [-0.2, -0.15) is 0 Å². The molecule has 1 N–H and O–H groups in total. The van der Waals surface area contributed by atoms with Crippen molar-refractivity contribution in [3.05, 3.63) is 58.1 Å². The lowest BCUT2D eigenvalue weighted by Crippen LogP contribution is -2.63. The highest BCUT2D eigenvalue weighted by Gasteiger charge is 2.47. The van der Waals surface area contributed by atoms with Gasteiger partial charge in [-0.1, -0.05) is 23.7 Å². The van der Waals surface area contributed by atoms with Crippen LogP contribution in [-0.4, -0.2) is 47.1 Å². The molecule has 3 heterocycles. The third kappa shape index (κ3) is 3.54. The molecule has 6 nitrogen and oxygen atoms in total. The Hall–Kier alpha value is -2.35. The third-order valence-corrected chi connectivity index (χ3v) is 6.57. The van der Waals surface area contributed by atoms with Crippen molar-refractivity contribution in [1.82, 2.24) is 14.8 Å². The lowest BCUT2D eigenvalue weighted by Gasteiger charge is -2.44. The predicted molar refractivity (Wildman–Crippen MR) is 114 cm³/mol. The van der Waals surface area contributed by atoms with Gasteiger partial charge in [0.05, 0.1) is 13.2 Å². The fourth-order valence-corrected chi connectivity index (χ4v) is 4.76. The summed E-state index contributed by atoms with van der Waals surface area (Å²) in [5, 5.41) is 6.57. The first-order chi connectivity index (χ1) is 13.9. The number of aromatic nitrogens is 1. The Balaban J connectivity index is 1.73. The summed E-state index contributed by atoms with van der Waals surface area (Å²) in [6, 6.07) is 11.2. The first-order valence-corrected chi connectivity index (χ1v) is 10.6. The SMILES string of the molecule is COCCNC(=O)[C@@]1(C)Cn2c(cc3ccsc32)C(=O)N1Cc1ccc(Cl)cc1. The van der Waals surface area contributed by atoms with E-state index < -0.39 is 5.54 Å². The molecule has 152 valence electrons. The highest BCUT2D eigenvalue weighted by molar-refractivity contribution is 7.16. The number of fused-ring (bicyclic) bond motifs is 3. The summed E-state index contributed by atoms with van der Waals surface area (Å²) in [5.74, 6) is -0.347. The monoisotopic (exact) mass is 431 g/mol. The molecular formula is C21H22ClN3O3S. The van der Waals surface area contributed by atoms with Crippen LogP contribution >= 0.6 is 22.9 Å². The Kier molecular flexibility index (Phi) is 5.38. The Bertz CT molecular complexity index is 1060. The number of halogens is 1. The second-order valence-electron chi connectivity index (χ2n) is 7.34. The number of amides is 2. The number of nitrogens with zero attached hydrogens (tertiary/aromatic N) is 2. The van der Waals surface area contributed by atoms with E-state index in [0.29, 0.717) is 37.0 Å². The Morgan fingerprint density at radius 3 is 2.79 bits per heavy atom. The number of methoxy groups -OCH3 is 1.